The maximum Gasteiger partial charge on any atom is 0.509 e. The number of nitrogens with one attached hydrogen (secondary N) is 1. The molecule has 53 heavy (non-hydrogen) atoms. The Balaban J connectivity index is 1.70. The van der Waals surface area contributed by atoms with Crippen molar-refractivity contribution in [1.82, 2.24) is 9.80 Å². The van der Waals surface area contributed by atoms with Crippen molar-refractivity contribution >= 4 is 23.9 Å². The van der Waals surface area contributed by atoms with Gasteiger partial charge in [0.15, 0.2) is 24.1 Å². The molecule has 0 spiro atoms. The highest BCUT2D eigenvalue weighted by Crippen LogP contribution is 2.40. The fraction of sp³-hybridized carbons (Fsp3) is 0.769. The van der Waals surface area contributed by atoms with E-state index in [2.05, 4.69) is 5.32 Å². The number of rotatable bonds is 6. The van der Waals surface area contributed by atoms with Crippen LogP contribution in [0.4, 0.5) is 15.3 Å². The number of likely N-dealkylation sites (N-methyl/N-ethyl adjacent to an activating group) is 2. The summed E-state index contributed by atoms with van der Waals surface area (Å²) in [5.74, 6) is -2.76. The van der Waals surface area contributed by atoms with Crippen LogP contribution < -0.4 is 5.32 Å². The molecule has 14 nitrogen and oxygen atoms in total. The number of aliphatic hydroxyl groups is 2. The van der Waals surface area contributed by atoms with Gasteiger partial charge in [-0.3, -0.25) is 15.0 Å². The maximum atomic E-state index is 13.8. The van der Waals surface area contributed by atoms with E-state index in [4.69, 9.17) is 28.4 Å². The van der Waals surface area contributed by atoms with Gasteiger partial charge in [-0.15, -0.1) is 0 Å². The van der Waals surface area contributed by atoms with E-state index >= 15 is 0 Å². The van der Waals surface area contributed by atoms with Gasteiger partial charge >= 0.3 is 18.2 Å². The number of anilines is 1. The Labute approximate surface area is 314 Å². The van der Waals surface area contributed by atoms with Crippen LogP contribution in [-0.2, 0) is 33.2 Å². The van der Waals surface area contributed by atoms with Crippen LogP contribution in [0.1, 0.15) is 80.2 Å². The number of aryl methyl sites for hydroxylation is 1. The summed E-state index contributed by atoms with van der Waals surface area (Å²) in [5.41, 5.74) is -1.40. The topological polar surface area (TPSA) is 166 Å². The van der Waals surface area contributed by atoms with E-state index < -0.39 is 78.1 Å². The first-order chi connectivity index (χ1) is 24.7. The smallest absolute Gasteiger partial charge is 0.458 e. The highest BCUT2D eigenvalue weighted by molar-refractivity contribution is 5.85. The second kappa shape index (κ2) is 17.2. The van der Waals surface area contributed by atoms with Gasteiger partial charge in [-0.2, -0.15) is 0 Å². The molecule has 3 aliphatic rings. The third-order valence-corrected chi connectivity index (χ3v) is 11.5. The van der Waals surface area contributed by atoms with E-state index in [0.29, 0.717) is 25.1 Å². The van der Waals surface area contributed by atoms with Crippen molar-refractivity contribution in [3.63, 3.8) is 0 Å². The van der Waals surface area contributed by atoms with Gasteiger partial charge in [-0.1, -0.05) is 39.0 Å². The first-order valence-corrected chi connectivity index (χ1v) is 18.9. The zero-order valence-corrected chi connectivity index (χ0v) is 33.5. The Morgan fingerprint density at radius 1 is 1.09 bits per heavy atom. The van der Waals surface area contributed by atoms with Crippen LogP contribution >= 0.6 is 0 Å². The molecular weight excluding hydrogens is 686 g/mol. The fourth-order valence-corrected chi connectivity index (χ4v) is 8.43. The van der Waals surface area contributed by atoms with Crippen LogP contribution in [0.2, 0.25) is 0 Å². The van der Waals surface area contributed by atoms with Crippen molar-refractivity contribution in [3.8, 4) is 0 Å². The zero-order valence-electron chi connectivity index (χ0n) is 33.5. The van der Waals surface area contributed by atoms with Crippen molar-refractivity contribution in [2.75, 3.05) is 33.0 Å². The largest absolute Gasteiger partial charge is 0.509 e. The molecule has 3 aliphatic heterocycles. The molecule has 3 saturated heterocycles. The summed E-state index contributed by atoms with van der Waals surface area (Å²) >= 11 is 0. The molecule has 1 amide bonds. The van der Waals surface area contributed by atoms with Gasteiger partial charge in [0.2, 0.25) is 0 Å². The summed E-state index contributed by atoms with van der Waals surface area (Å²) in [7, 11) is 5.68. The summed E-state index contributed by atoms with van der Waals surface area (Å²) in [4.78, 5) is 43.7. The zero-order chi connectivity index (χ0) is 39.6. The normalized spacial score (nSPS) is 40.6. The van der Waals surface area contributed by atoms with Crippen LogP contribution in [0.3, 0.4) is 0 Å². The predicted octanol–water partition coefficient (Wildman–Crippen LogP) is 4.72. The van der Waals surface area contributed by atoms with Crippen molar-refractivity contribution in [3.05, 3.63) is 29.8 Å². The number of aliphatic hydroxyl groups excluding tert-OH is 1. The van der Waals surface area contributed by atoms with Gasteiger partial charge in [-0.25, -0.2) is 9.59 Å². The molecule has 300 valence electrons. The average molecular weight is 750 g/mol. The average Bonchev–Trinajstić information content (AvgIpc) is 3.39. The Hall–Kier alpha value is -3.01. The minimum absolute atomic E-state index is 0.132. The number of para-hydroxylation sites is 1. The maximum absolute atomic E-state index is 13.8. The Bertz CT molecular complexity index is 1430. The first-order valence-electron chi connectivity index (χ1n) is 18.9. The number of cyclic esters (lactones) is 1. The first kappa shape index (κ1) is 42.7. The van der Waals surface area contributed by atoms with E-state index in [9.17, 15) is 24.6 Å². The van der Waals surface area contributed by atoms with Gasteiger partial charge in [-0.05, 0) is 99.5 Å². The lowest BCUT2D eigenvalue weighted by atomic mass is 9.78. The molecule has 4 rings (SSSR count). The molecule has 3 N–H and O–H groups in total. The second-order valence-corrected chi connectivity index (χ2v) is 16.3. The predicted molar refractivity (Wildman–Crippen MR) is 197 cm³/mol. The summed E-state index contributed by atoms with van der Waals surface area (Å²) in [6.45, 7) is 16.6. The lowest BCUT2D eigenvalue weighted by molar-refractivity contribution is -0.297. The fourth-order valence-electron chi connectivity index (χ4n) is 8.43. The molecule has 1 aromatic rings. The molecule has 0 unspecified atom stereocenters. The number of fused-ring (bicyclic) bond motifs is 1. The lowest BCUT2D eigenvalue weighted by Crippen LogP contribution is -2.60. The summed E-state index contributed by atoms with van der Waals surface area (Å²) < 4.78 is 36.6. The number of nitrogens with zero attached hydrogens (tertiary/aromatic N) is 2. The number of esters is 1. The van der Waals surface area contributed by atoms with Crippen LogP contribution in [0.25, 0.3) is 0 Å². The SMILES string of the molecule is CC[C@H]1OC(=O)[C@H](C)[C@@H](O)[C@H](C)[C@@H](O[C@@H]2O[C@H](C)C[C@H](N(C)C)[C@H]2OC(=O)Nc2ccccc2C)[C@](C)(O)C[C@@H](C)CN(C)[C@H](C)[C@H]2OC(=O)O[C@@]21C. The quantitative estimate of drug-likeness (QED) is 0.271. The number of carbonyl (C=O) groups excluding carboxylic acids is 3. The number of benzene rings is 1. The minimum Gasteiger partial charge on any atom is -0.458 e. The van der Waals surface area contributed by atoms with Crippen LogP contribution in [0.15, 0.2) is 24.3 Å². The Morgan fingerprint density at radius 2 is 1.75 bits per heavy atom. The van der Waals surface area contributed by atoms with Crippen molar-refractivity contribution < 1.29 is 53.0 Å². The lowest BCUT2D eigenvalue weighted by Gasteiger charge is -2.47. The van der Waals surface area contributed by atoms with E-state index in [1.807, 2.05) is 83.8 Å². The molecule has 1 aromatic carbocycles. The molecule has 3 fully saturated rings. The summed E-state index contributed by atoms with van der Waals surface area (Å²) in [6.07, 6.45) is -6.89. The van der Waals surface area contributed by atoms with E-state index in [1.54, 1.807) is 33.8 Å². The molecule has 0 aliphatic carbocycles. The van der Waals surface area contributed by atoms with Gasteiger partial charge in [0, 0.05) is 24.2 Å². The number of hydrogen-bond donors (Lipinski definition) is 3. The van der Waals surface area contributed by atoms with Gasteiger partial charge in [0.1, 0.15) is 6.10 Å². The number of carbonyl (C=O) groups is 3. The van der Waals surface area contributed by atoms with Crippen LogP contribution in [0.5, 0.6) is 0 Å². The summed E-state index contributed by atoms with van der Waals surface area (Å²) in [6, 6.07) is 6.69. The van der Waals surface area contributed by atoms with Crippen molar-refractivity contribution in [1.29, 1.82) is 0 Å². The summed E-state index contributed by atoms with van der Waals surface area (Å²) in [5, 5.41) is 27.1. The monoisotopic (exact) mass is 749 g/mol. The number of ether oxygens (including phenoxy) is 6. The van der Waals surface area contributed by atoms with E-state index in [0.717, 1.165) is 5.56 Å². The van der Waals surface area contributed by atoms with Gasteiger partial charge in [0.25, 0.3) is 0 Å². The molecule has 0 radical (unpaired) electrons. The third kappa shape index (κ3) is 9.63. The number of hydrogen-bond acceptors (Lipinski definition) is 13. The third-order valence-electron chi connectivity index (χ3n) is 11.5. The molecule has 14 atom stereocenters. The highest BCUT2D eigenvalue weighted by Gasteiger charge is 2.58. The molecule has 14 heteroatoms. The van der Waals surface area contributed by atoms with Gasteiger partial charge in [0.05, 0.1) is 35.9 Å². The van der Waals surface area contributed by atoms with Crippen molar-refractivity contribution in [2.24, 2.45) is 17.8 Å². The molecule has 3 heterocycles. The Morgan fingerprint density at radius 3 is 2.38 bits per heavy atom. The van der Waals surface area contributed by atoms with E-state index in [1.165, 1.54) is 0 Å². The molecular formula is C39H63N3O11. The Kier molecular flexibility index (Phi) is 13.9. The van der Waals surface area contributed by atoms with Crippen LogP contribution in [-0.4, -0.2) is 132 Å². The molecule has 0 saturated carbocycles. The molecule has 0 aromatic heterocycles. The van der Waals surface area contributed by atoms with Crippen molar-refractivity contribution in [2.45, 2.75) is 148 Å². The standard InChI is InChI=1S/C39H63N3O11/c1-13-29-39(9)33(52-37(46)53-39)26(7)42(12)20-21(2)19-38(8,47)32(24(5)30(43)25(6)34(44)49-29)51-35-31(28(41(10)11)18-23(4)48-35)50-36(45)40-27-17-15-14-16-22(27)3/h14-17,21,23-26,28-33,35,43,47H,13,18-20H2,1-12H3,(H,40,45)/t21-,23-,24+,25-,26-,28+,29-,30+,31-,32-,33-,35+,38-,39-/m1/s1. The second-order valence-electron chi connectivity index (χ2n) is 16.3. The van der Waals surface area contributed by atoms with E-state index in [-0.39, 0.29) is 30.5 Å². The van der Waals surface area contributed by atoms with Crippen LogP contribution in [0, 0.1) is 24.7 Å². The molecule has 0 bridgehead atoms. The number of amides is 1. The highest BCUT2D eigenvalue weighted by atomic mass is 16.8. The minimum atomic E-state index is -1.58. The van der Waals surface area contributed by atoms with Gasteiger partial charge < -0.3 is 43.5 Å².